The first-order chi connectivity index (χ1) is 10.3. The number of nitrogens with zero attached hydrogens (tertiary/aromatic N) is 2. The summed E-state index contributed by atoms with van der Waals surface area (Å²) in [6.07, 6.45) is 3.98. The number of halogens is 1. The molecule has 0 radical (unpaired) electrons. The molecule has 0 N–H and O–H groups in total. The van der Waals surface area contributed by atoms with Crippen molar-refractivity contribution in [2.45, 2.75) is 31.1 Å². The molecule has 4 nitrogen and oxygen atoms in total. The zero-order chi connectivity index (χ0) is 14.5. The molecule has 0 amide bonds. The Hall–Kier alpha value is -1.04. The molecule has 2 aromatic rings. The Labute approximate surface area is 133 Å². The summed E-state index contributed by atoms with van der Waals surface area (Å²) >= 11 is 7.90. The third-order valence-electron chi connectivity index (χ3n) is 3.37. The third kappa shape index (κ3) is 3.99. The molecule has 0 saturated carbocycles. The third-order valence-corrected chi connectivity index (χ3v) is 4.76. The van der Waals surface area contributed by atoms with Crippen molar-refractivity contribution in [2.24, 2.45) is 0 Å². The molecule has 0 unspecified atom stereocenters. The summed E-state index contributed by atoms with van der Waals surface area (Å²) < 4.78 is 11.4. The maximum absolute atomic E-state index is 6.12. The molecular weight excluding hydrogens is 308 g/mol. The van der Waals surface area contributed by atoms with E-state index in [-0.39, 0.29) is 0 Å². The molecule has 1 fully saturated rings. The number of aromatic nitrogens is 2. The lowest BCUT2D eigenvalue weighted by Gasteiger charge is -2.21. The van der Waals surface area contributed by atoms with Crippen molar-refractivity contribution in [3.05, 3.63) is 35.2 Å². The zero-order valence-electron chi connectivity index (χ0n) is 11.6. The molecule has 2 heterocycles. The molecule has 1 aromatic heterocycles. The number of benzene rings is 1. The summed E-state index contributed by atoms with van der Waals surface area (Å²) in [5, 5.41) is 8.77. The van der Waals surface area contributed by atoms with Crippen molar-refractivity contribution in [1.29, 1.82) is 0 Å². The van der Waals surface area contributed by atoms with Gasteiger partial charge in [0.1, 0.15) is 0 Å². The second kappa shape index (κ2) is 7.29. The first-order valence-corrected chi connectivity index (χ1v) is 8.63. The minimum absolute atomic E-state index is 0.370. The largest absolute Gasteiger partial charge is 0.420 e. The van der Waals surface area contributed by atoms with E-state index in [0.717, 1.165) is 24.3 Å². The fourth-order valence-corrected chi connectivity index (χ4v) is 3.42. The van der Waals surface area contributed by atoms with Gasteiger partial charge in [-0.2, -0.15) is 0 Å². The van der Waals surface area contributed by atoms with Gasteiger partial charge >= 0.3 is 0 Å². The summed E-state index contributed by atoms with van der Waals surface area (Å²) in [5.74, 6) is 2.79. The van der Waals surface area contributed by atoms with Crippen molar-refractivity contribution < 1.29 is 9.15 Å². The quantitative estimate of drug-likeness (QED) is 0.825. The lowest BCUT2D eigenvalue weighted by molar-refractivity contribution is 0.0315. The Balaban J connectivity index is 1.54. The number of ether oxygens (including phenoxy) is 1. The molecule has 1 aliphatic rings. The van der Waals surface area contributed by atoms with E-state index in [4.69, 9.17) is 20.8 Å². The highest BCUT2D eigenvalue weighted by Crippen LogP contribution is 2.27. The van der Waals surface area contributed by atoms with Crippen LogP contribution in [0, 0.1) is 0 Å². The lowest BCUT2D eigenvalue weighted by Crippen LogP contribution is -2.21. The minimum Gasteiger partial charge on any atom is -0.420 e. The summed E-state index contributed by atoms with van der Waals surface area (Å²) in [7, 11) is 0. The van der Waals surface area contributed by atoms with Gasteiger partial charge in [0.15, 0.2) is 0 Å². The first-order valence-electron chi connectivity index (χ1n) is 7.09. The van der Waals surface area contributed by atoms with E-state index in [1.807, 2.05) is 24.3 Å². The second-order valence-corrected chi connectivity index (χ2v) is 6.42. The highest BCUT2D eigenvalue weighted by Gasteiger charge is 2.15. The highest BCUT2D eigenvalue weighted by atomic mass is 35.5. The fourth-order valence-electron chi connectivity index (χ4n) is 2.27. The second-order valence-electron chi connectivity index (χ2n) is 4.98. The fraction of sp³-hybridized carbons (Fsp3) is 0.467. The molecule has 0 bridgehead atoms. The Morgan fingerprint density at radius 2 is 2.14 bits per heavy atom. The highest BCUT2D eigenvalue weighted by molar-refractivity contribution is 7.98. The average Bonchev–Trinajstić information content (AvgIpc) is 2.97. The van der Waals surface area contributed by atoms with Crippen LogP contribution in [0.2, 0.25) is 5.02 Å². The van der Waals surface area contributed by atoms with Gasteiger partial charge in [0.25, 0.3) is 0 Å². The van der Waals surface area contributed by atoms with Gasteiger partial charge < -0.3 is 9.15 Å². The van der Waals surface area contributed by atoms with Gasteiger partial charge in [-0.25, -0.2) is 0 Å². The van der Waals surface area contributed by atoms with Crippen molar-refractivity contribution in [3.63, 3.8) is 0 Å². The van der Waals surface area contributed by atoms with Gasteiger partial charge in [0.05, 0.1) is 22.4 Å². The van der Waals surface area contributed by atoms with E-state index < -0.39 is 0 Å². The van der Waals surface area contributed by atoms with Crippen LogP contribution in [-0.4, -0.2) is 28.7 Å². The topological polar surface area (TPSA) is 48.2 Å². The van der Waals surface area contributed by atoms with Crippen molar-refractivity contribution in [3.8, 4) is 11.5 Å². The molecule has 0 spiro atoms. The van der Waals surface area contributed by atoms with E-state index >= 15 is 0 Å². The maximum atomic E-state index is 6.12. The van der Waals surface area contributed by atoms with Crippen LogP contribution in [0.25, 0.3) is 11.5 Å². The molecule has 1 aliphatic heterocycles. The number of rotatable bonds is 5. The van der Waals surface area contributed by atoms with Gasteiger partial charge in [-0.05, 0) is 31.4 Å². The number of thioether (sulfide) groups is 1. The summed E-state index contributed by atoms with van der Waals surface area (Å²) in [4.78, 5) is 0. The summed E-state index contributed by atoms with van der Waals surface area (Å²) in [5.41, 5.74) is 0.776. The van der Waals surface area contributed by atoms with Crippen LogP contribution in [0.4, 0.5) is 0 Å². The van der Waals surface area contributed by atoms with Crippen LogP contribution in [-0.2, 0) is 10.5 Å². The summed E-state index contributed by atoms with van der Waals surface area (Å²) in [6, 6.07) is 7.47. The van der Waals surface area contributed by atoms with Crippen LogP contribution in [0.1, 0.15) is 25.2 Å². The van der Waals surface area contributed by atoms with Crippen LogP contribution in [0.3, 0.4) is 0 Å². The Morgan fingerprint density at radius 1 is 1.24 bits per heavy atom. The van der Waals surface area contributed by atoms with Crippen LogP contribution in [0.5, 0.6) is 0 Å². The van der Waals surface area contributed by atoms with Crippen molar-refractivity contribution in [1.82, 2.24) is 10.2 Å². The predicted molar refractivity (Wildman–Crippen MR) is 84.5 cm³/mol. The molecule has 21 heavy (non-hydrogen) atoms. The molecule has 112 valence electrons. The van der Waals surface area contributed by atoms with Crippen LogP contribution < -0.4 is 0 Å². The normalized spacial score (nSPS) is 18.8. The average molecular weight is 325 g/mol. The molecule has 6 heteroatoms. The van der Waals surface area contributed by atoms with Crippen LogP contribution in [0.15, 0.2) is 28.7 Å². The van der Waals surface area contributed by atoms with Crippen molar-refractivity contribution >= 4 is 23.4 Å². The maximum Gasteiger partial charge on any atom is 0.249 e. The van der Waals surface area contributed by atoms with E-state index in [1.54, 1.807) is 11.8 Å². The molecule has 3 rings (SSSR count). The monoisotopic (exact) mass is 324 g/mol. The van der Waals surface area contributed by atoms with E-state index in [0.29, 0.717) is 28.7 Å². The van der Waals surface area contributed by atoms with Gasteiger partial charge in [-0.1, -0.05) is 23.7 Å². The van der Waals surface area contributed by atoms with Crippen molar-refractivity contribution in [2.75, 3.05) is 12.4 Å². The van der Waals surface area contributed by atoms with Gasteiger partial charge in [-0.15, -0.1) is 22.0 Å². The Morgan fingerprint density at radius 3 is 2.95 bits per heavy atom. The first kappa shape index (κ1) is 14.9. The zero-order valence-corrected chi connectivity index (χ0v) is 13.2. The molecule has 1 atom stereocenters. The van der Waals surface area contributed by atoms with Gasteiger partial charge in [0, 0.05) is 12.4 Å². The minimum atomic E-state index is 0.370. The van der Waals surface area contributed by atoms with E-state index in [9.17, 15) is 0 Å². The van der Waals surface area contributed by atoms with Crippen LogP contribution >= 0.6 is 23.4 Å². The summed E-state index contributed by atoms with van der Waals surface area (Å²) in [6.45, 7) is 0.891. The lowest BCUT2D eigenvalue weighted by atomic mass is 10.1. The Kier molecular flexibility index (Phi) is 5.17. The molecule has 1 saturated heterocycles. The standard InChI is InChI=1S/C15H17ClN2O2S/c16-13-7-2-1-6-12(13)15-18-17-14(20-15)10-21-9-11-5-3-4-8-19-11/h1-2,6-7,11H,3-5,8-10H2/t11-/m1/s1. The van der Waals surface area contributed by atoms with Gasteiger partial charge in [-0.3, -0.25) is 0 Å². The van der Waals surface area contributed by atoms with Gasteiger partial charge in [0.2, 0.25) is 11.8 Å². The molecule has 1 aromatic carbocycles. The molecule has 0 aliphatic carbocycles. The Bertz CT molecular complexity index is 585. The van der Waals surface area contributed by atoms with E-state index in [1.165, 1.54) is 12.8 Å². The SMILES string of the molecule is Clc1ccccc1-c1nnc(CSC[C@H]2CCCCO2)o1. The van der Waals surface area contributed by atoms with E-state index in [2.05, 4.69) is 10.2 Å². The molecular formula is C15H17ClN2O2S. The predicted octanol–water partition coefficient (Wildman–Crippen LogP) is 4.19. The smallest absolute Gasteiger partial charge is 0.249 e. The number of hydrogen-bond donors (Lipinski definition) is 0. The number of hydrogen-bond acceptors (Lipinski definition) is 5.